The van der Waals surface area contributed by atoms with E-state index in [9.17, 15) is 8.42 Å². The van der Waals surface area contributed by atoms with Crippen LogP contribution in [-0.4, -0.2) is 43.0 Å². The summed E-state index contributed by atoms with van der Waals surface area (Å²) in [5, 5.41) is 0. The lowest BCUT2D eigenvalue weighted by Crippen LogP contribution is -2.44. The first-order valence-electron chi connectivity index (χ1n) is 7.86. The molecule has 0 bridgehead atoms. The van der Waals surface area contributed by atoms with Gasteiger partial charge in [-0.15, -0.1) is 0 Å². The van der Waals surface area contributed by atoms with E-state index in [1.165, 1.54) is 6.26 Å². The van der Waals surface area contributed by atoms with Gasteiger partial charge in [0, 0.05) is 30.6 Å². The second kappa shape index (κ2) is 6.66. The van der Waals surface area contributed by atoms with Crippen LogP contribution in [0.4, 0.5) is 5.82 Å². The summed E-state index contributed by atoms with van der Waals surface area (Å²) in [5.74, 6) is 1.66. The SMILES string of the molecule is CS(=O)(=O)CC1CCCCN1c1ccnc(-c2ccccc2)n1. The summed E-state index contributed by atoms with van der Waals surface area (Å²) in [4.78, 5) is 11.1. The fourth-order valence-electron chi connectivity index (χ4n) is 3.06. The molecule has 0 amide bonds. The van der Waals surface area contributed by atoms with Gasteiger partial charge in [0.2, 0.25) is 0 Å². The van der Waals surface area contributed by atoms with Crippen molar-refractivity contribution in [3.8, 4) is 11.4 Å². The molecular formula is C17H21N3O2S. The molecular weight excluding hydrogens is 310 g/mol. The Kier molecular flexibility index (Phi) is 4.61. The number of rotatable bonds is 4. The van der Waals surface area contributed by atoms with E-state index in [1.807, 2.05) is 36.4 Å². The molecule has 1 aromatic carbocycles. The average molecular weight is 331 g/mol. The van der Waals surface area contributed by atoms with E-state index in [-0.39, 0.29) is 11.8 Å². The van der Waals surface area contributed by atoms with Crippen LogP contribution in [-0.2, 0) is 9.84 Å². The van der Waals surface area contributed by atoms with Crippen LogP contribution in [0.2, 0.25) is 0 Å². The highest BCUT2D eigenvalue weighted by Gasteiger charge is 2.27. The quantitative estimate of drug-likeness (QED) is 0.861. The molecule has 2 aromatic rings. The minimum atomic E-state index is -3.01. The highest BCUT2D eigenvalue weighted by atomic mass is 32.2. The van der Waals surface area contributed by atoms with Gasteiger partial charge in [-0.05, 0) is 25.3 Å². The minimum Gasteiger partial charge on any atom is -0.352 e. The fourth-order valence-corrected chi connectivity index (χ4v) is 4.11. The Labute approximate surface area is 137 Å². The first kappa shape index (κ1) is 15.9. The molecule has 1 atom stereocenters. The second-order valence-corrected chi connectivity index (χ2v) is 8.22. The predicted octanol–water partition coefficient (Wildman–Crippen LogP) is 2.55. The molecule has 0 radical (unpaired) electrons. The second-order valence-electron chi connectivity index (χ2n) is 6.04. The summed E-state index contributed by atoms with van der Waals surface area (Å²) >= 11 is 0. The van der Waals surface area contributed by atoms with E-state index in [0.717, 1.165) is 37.2 Å². The third-order valence-corrected chi connectivity index (χ3v) is 5.08. The molecule has 23 heavy (non-hydrogen) atoms. The Morgan fingerprint density at radius 2 is 1.96 bits per heavy atom. The zero-order chi connectivity index (χ0) is 16.3. The smallest absolute Gasteiger partial charge is 0.161 e. The lowest BCUT2D eigenvalue weighted by Gasteiger charge is -2.36. The molecule has 1 aromatic heterocycles. The van der Waals surface area contributed by atoms with Crippen LogP contribution >= 0.6 is 0 Å². The number of benzene rings is 1. The van der Waals surface area contributed by atoms with Gasteiger partial charge in [-0.2, -0.15) is 0 Å². The molecule has 1 unspecified atom stereocenters. The molecule has 5 nitrogen and oxygen atoms in total. The summed E-state index contributed by atoms with van der Waals surface area (Å²) in [6.45, 7) is 0.839. The Balaban J connectivity index is 1.90. The number of hydrogen-bond donors (Lipinski definition) is 0. The fraction of sp³-hybridized carbons (Fsp3) is 0.412. The molecule has 0 aliphatic carbocycles. The Bertz CT molecular complexity index is 762. The third kappa shape index (κ3) is 4.07. The van der Waals surface area contributed by atoms with Gasteiger partial charge in [-0.25, -0.2) is 18.4 Å². The molecule has 1 aliphatic heterocycles. The van der Waals surface area contributed by atoms with Gasteiger partial charge < -0.3 is 4.90 Å². The standard InChI is InChI=1S/C17H21N3O2S/c1-23(21,22)13-15-9-5-6-12-20(15)16-10-11-18-17(19-16)14-7-3-2-4-8-14/h2-4,7-8,10-11,15H,5-6,9,12-13H2,1H3. The van der Waals surface area contributed by atoms with Crippen LogP contribution in [0.25, 0.3) is 11.4 Å². The molecule has 1 aliphatic rings. The van der Waals surface area contributed by atoms with Crippen LogP contribution < -0.4 is 4.90 Å². The lowest BCUT2D eigenvalue weighted by atomic mass is 10.0. The average Bonchev–Trinajstić information content (AvgIpc) is 2.55. The van der Waals surface area contributed by atoms with Crippen molar-refractivity contribution in [1.29, 1.82) is 0 Å². The van der Waals surface area contributed by atoms with Crippen LogP contribution in [0.1, 0.15) is 19.3 Å². The van der Waals surface area contributed by atoms with Gasteiger partial charge in [-0.3, -0.25) is 0 Å². The van der Waals surface area contributed by atoms with E-state index < -0.39 is 9.84 Å². The summed E-state index contributed by atoms with van der Waals surface area (Å²) in [6.07, 6.45) is 6.06. The maximum absolute atomic E-state index is 11.7. The molecule has 122 valence electrons. The molecule has 0 saturated carbocycles. The molecule has 3 rings (SSSR count). The summed E-state index contributed by atoms with van der Waals surface area (Å²) in [7, 11) is -3.01. The van der Waals surface area contributed by atoms with Gasteiger partial charge in [0.05, 0.1) is 5.75 Å². The highest BCUT2D eigenvalue weighted by molar-refractivity contribution is 7.90. The number of anilines is 1. The van der Waals surface area contributed by atoms with E-state index in [2.05, 4.69) is 14.9 Å². The monoisotopic (exact) mass is 331 g/mol. The maximum atomic E-state index is 11.7. The van der Waals surface area contributed by atoms with Crippen molar-refractivity contribution in [1.82, 2.24) is 9.97 Å². The molecule has 6 heteroatoms. The molecule has 1 fully saturated rings. The van der Waals surface area contributed by atoms with Crippen molar-refractivity contribution in [2.24, 2.45) is 0 Å². The Morgan fingerprint density at radius 1 is 1.17 bits per heavy atom. The predicted molar refractivity (Wildman–Crippen MR) is 92.2 cm³/mol. The summed E-state index contributed by atoms with van der Waals surface area (Å²) < 4.78 is 23.4. The lowest BCUT2D eigenvalue weighted by molar-refractivity contribution is 0.477. The minimum absolute atomic E-state index is 0.00252. The number of hydrogen-bond acceptors (Lipinski definition) is 5. The number of sulfone groups is 1. The van der Waals surface area contributed by atoms with Crippen molar-refractivity contribution < 1.29 is 8.42 Å². The third-order valence-electron chi connectivity index (χ3n) is 4.09. The van der Waals surface area contributed by atoms with Crippen LogP contribution in [0.3, 0.4) is 0 Å². The van der Waals surface area contributed by atoms with Crippen LogP contribution in [0, 0.1) is 0 Å². The maximum Gasteiger partial charge on any atom is 0.161 e. The molecule has 1 saturated heterocycles. The molecule has 0 N–H and O–H groups in total. The molecule has 0 spiro atoms. The normalized spacial score (nSPS) is 18.8. The largest absolute Gasteiger partial charge is 0.352 e. The summed E-state index contributed by atoms with van der Waals surface area (Å²) in [6, 6.07) is 11.7. The summed E-state index contributed by atoms with van der Waals surface area (Å²) in [5.41, 5.74) is 0.964. The Morgan fingerprint density at radius 3 is 2.70 bits per heavy atom. The Hall–Kier alpha value is -1.95. The zero-order valence-corrected chi connectivity index (χ0v) is 14.0. The van der Waals surface area contributed by atoms with Crippen molar-refractivity contribution in [3.05, 3.63) is 42.6 Å². The number of piperidine rings is 1. The van der Waals surface area contributed by atoms with Gasteiger partial charge in [0.15, 0.2) is 5.82 Å². The van der Waals surface area contributed by atoms with Gasteiger partial charge in [0.1, 0.15) is 15.7 Å². The number of aromatic nitrogens is 2. The van der Waals surface area contributed by atoms with E-state index in [4.69, 9.17) is 0 Å². The van der Waals surface area contributed by atoms with E-state index in [1.54, 1.807) is 6.20 Å². The zero-order valence-electron chi connectivity index (χ0n) is 13.2. The highest BCUT2D eigenvalue weighted by Crippen LogP contribution is 2.25. The first-order chi connectivity index (χ1) is 11.0. The van der Waals surface area contributed by atoms with E-state index >= 15 is 0 Å². The number of nitrogens with zero attached hydrogens (tertiary/aromatic N) is 3. The van der Waals surface area contributed by atoms with Crippen molar-refractivity contribution in [3.63, 3.8) is 0 Å². The van der Waals surface area contributed by atoms with Gasteiger partial charge >= 0.3 is 0 Å². The van der Waals surface area contributed by atoms with Gasteiger partial charge in [-0.1, -0.05) is 30.3 Å². The van der Waals surface area contributed by atoms with Crippen molar-refractivity contribution in [2.45, 2.75) is 25.3 Å². The van der Waals surface area contributed by atoms with Crippen molar-refractivity contribution >= 4 is 15.7 Å². The van der Waals surface area contributed by atoms with E-state index in [0.29, 0.717) is 5.82 Å². The van der Waals surface area contributed by atoms with Crippen LogP contribution in [0.15, 0.2) is 42.6 Å². The van der Waals surface area contributed by atoms with Gasteiger partial charge in [0.25, 0.3) is 0 Å². The van der Waals surface area contributed by atoms with Crippen LogP contribution in [0.5, 0.6) is 0 Å². The molecule has 2 heterocycles. The first-order valence-corrected chi connectivity index (χ1v) is 9.92. The topological polar surface area (TPSA) is 63.2 Å². The van der Waals surface area contributed by atoms with Crippen molar-refractivity contribution in [2.75, 3.05) is 23.5 Å².